The van der Waals surface area contributed by atoms with E-state index in [2.05, 4.69) is 20.8 Å². The Balaban J connectivity index is 1.10. The van der Waals surface area contributed by atoms with E-state index in [-0.39, 0.29) is 29.5 Å². The van der Waals surface area contributed by atoms with Crippen LogP contribution in [-0.2, 0) is 34.2 Å². The third kappa shape index (κ3) is 8.60. The number of halogens is 1. The normalized spacial score (nSPS) is 16.6. The number of anilines is 1. The van der Waals surface area contributed by atoms with Crippen molar-refractivity contribution in [2.45, 2.75) is 37.7 Å². The molecule has 0 radical (unpaired) electrons. The van der Waals surface area contributed by atoms with Crippen molar-refractivity contribution in [3.63, 3.8) is 0 Å². The lowest BCUT2D eigenvalue weighted by atomic mass is 9.77. The van der Waals surface area contributed by atoms with E-state index in [1.807, 2.05) is 91.0 Å². The molecule has 2 aliphatic rings. The molecule has 0 saturated carbocycles. The maximum absolute atomic E-state index is 13.9. The topological polar surface area (TPSA) is 169 Å². The molecule has 2 amide bonds. The molecule has 0 aliphatic carbocycles. The summed E-state index contributed by atoms with van der Waals surface area (Å²) in [7, 11) is 0. The highest BCUT2D eigenvalue weighted by molar-refractivity contribution is 8.00. The van der Waals surface area contributed by atoms with Crippen molar-refractivity contribution >= 4 is 57.7 Å². The predicted molar refractivity (Wildman–Crippen MR) is 224 cm³/mol. The number of thiazole rings is 1. The fraction of sp³-hybridized carbons (Fsp3) is 0.227. The summed E-state index contributed by atoms with van der Waals surface area (Å²) < 4.78 is 30.0. The van der Waals surface area contributed by atoms with Crippen LogP contribution in [0.4, 0.5) is 9.52 Å². The SMILES string of the molecule is CC(C)(C)C(=O)OCOC(=O)C1=C(COc2cccc(F)c2)CS[C@H]2C(NC(=O)C(=NO)c3csc(NC(c4ccccc4)(c4ccccc4)c4ccccc4)n3)C(=O)N12. The fourth-order valence-corrected chi connectivity index (χ4v) is 8.81. The lowest BCUT2D eigenvalue weighted by molar-refractivity contribution is -0.173. The number of nitrogens with one attached hydrogen (secondary N) is 2. The van der Waals surface area contributed by atoms with E-state index in [1.165, 1.54) is 46.2 Å². The monoisotopic (exact) mass is 849 g/mol. The van der Waals surface area contributed by atoms with Gasteiger partial charge in [-0.2, -0.15) is 0 Å². The highest BCUT2D eigenvalue weighted by atomic mass is 32.2. The van der Waals surface area contributed by atoms with Crippen molar-refractivity contribution in [2.75, 3.05) is 24.5 Å². The van der Waals surface area contributed by atoms with Gasteiger partial charge >= 0.3 is 11.9 Å². The summed E-state index contributed by atoms with van der Waals surface area (Å²) in [6, 6.07) is 33.9. The molecule has 3 N–H and O–H groups in total. The zero-order chi connectivity index (χ0) is 42.4. The molecule has 7 rings (SSSR count). The number of esters is 2. The Bertz CT molecular complexity index is 2340. The van der Waals surface area contributed by atoms with Gasteiger partial charge in [0.05, 0.1) is 5.41 Å². The van der Waals surface area contributed by atoms with Gasteiger partial charge in [-0.1, -0.05) is 102 Å². The summed E-state index contributed by atoms with van der Waals surface area (Å²) in [5.41, 5.74) is 0.831. The second kappa shape index (κ2) is 17.8. The van der Waals surface area contributed by atoms with Gasteiger partial charge in [-0.3, -0.25) is 19.3 Å². The smallest absolute Gasteiger partial charge is 0.358 e. The minimum atomic E-state index is -1.13. The van der Waals surface area contributed by atoms with Crippen LogP contribution < -0.4 is 15.4 Å². The Labute approximate surface area is 353 Å². The number of carbonyl (C=O) groups is 4. The largest absolute Gasteiger partial charge is 0.489 e. The summed E-state index contributed by atoms with van der Waals surface area (Å²) in [5, 5.41) is 20.9. The van der Waals surface area contributed by atoms with Crippen molar-refractivity contribution in [1.29, 1.82) is 0 Å². The minimum Gasteiger partial charge on any atom is -0.489 e. The third-order valence-corrected chi connectivity index (χ3v) is 11.8. The average molecular weight is 850 g/mol. The fourth-order valence-electron chi connectivity index (χ4n) is 6.74. The third-order valence-electron chi connectivity index (χ3n) is 9.71. The summed E-state index contributed by atoms with van der Waals surface area (Å²) in [6.45, 7) is 4.02. The lowest BCUT2D eigenvalue weighted by Gasteiger charge is -2.49. The van der Waals surface area contributed by atoms with Gasteiger partial charge in [0, 0.05) is 22.8 Å². The van der Waals surface area contributed by atoms with Crippen molar-refractivity contribution < 1.29 is 43.0 Å². The Hall–Kier alpha value is -6.52. The second-order valence-corrected chi connectivity index (χ2v) is 16.7. The van der Waals surface area contributed by atoms with Crippen LogP contribution >= 0.6 is 23.1 Å². The number of carbonyl (C=O) groups excluding carboxylic acids is 4. The molecular formula is C44H40FN5O8S2. The highest BCUT2D eigenvalue weighted by Crippen LogP contribution is 2.42. The van der Waals surface area contributed by atoms with Gasteiger partial charge in [-0.15, -0.1) is 23.1 Å². The van der Waals surface area contributed by atoms with Gasteiger partial charge in [0.2, 0.25) is 6.79 Å². The Morgan fingerprint density at radius 3 is 2.08 bits per heavy atom. The zero-order valence-electron chi connectivity index (χ0n) is 32.7. The van der Waals surface area contributed by atoms with Crippen LogP contribution in [0.15, 0.2) is 137 Å². The van der Waals surface area contributed by atoms with Crippen molar-refractivity contribution in [2.24, 2.45) is 10.6 Å². The molecule has 1 aromatic heterocycles. The first kappa shape index (κ1) is 41.6. The predicted octanol–water partition coefficient (Wildman–Crippen LogP) is 6.69. The van der Waals surface area contributed by atoms with Crippen LogP contribution in [-0.4, -0.2) is 75.1 Å². The molecule has 3 heterocycles. The lowest BCUT2D eigenvalue weighted by Crippen LogP contribution is -2.71. The number of hydrogen-bond donors (Lipinski definition) is 3. The average Bonchev–Trinajstić information content (AvgIpc) is 3.72. The number of β-lactam (4-membered cyclic amide) rings is 1. The van der Waals surface area contributed by atoms with Crippen LogP contribution in [0.25, 0.3) is 0 Å². The Kier molecular flexibility index (Phi) is 12.3. The van der Waals surface area contributed by atoms with Crippen molar-refractivity contribution in [1.82, 2.24) is 15.2 Å². The summed E-state index contributed by atoms with van der Waals surface area (Å²) in [6.07, 6.45) is 0. The van der Waals surface area contributed by atoms with Gasteiger partial charge < -0.3 is 30.1 Å². The number of nitrogens with zero attached hydrogens (tertiary/aromatic N) is 3. The van der Waals surface area contributed by atoms with Gasteiger partial charge in [0.15, 0.2) is 10.8 Å². The first-order valence-electron chi connectivity index (χ1n) is 18.7. The van der Waals surface area contributed by atoms with Crippen LogP contribution in [0.5, 0.6) is 5.75 Å². The molecule has 2 aliphatic heterocycles. The number of aromatic nitrogens is 1. The van der Waals surface area contributed by atoms with E-state index in [0.717, 1.165) is 16.7 Å². The molecule has 4 aromatic carbocycles. The first-order chi connectivity index (χ1) is 28.9. The molecule has 16 heteroatoms. The van der Waals surface area contributed by atoms with Crippen LogP contribution in [0.2, 0.25) is 0 Å². The molecule has 308 valence electrons. The Morgan fingerprint density at radius 1 is 0.900 bits per heavy atom. The minimum absolute atomic E-state index is 0.0521. The van der Waals surface area contributed by atoms with E-state index in [9.17, 15) is 28.8 Å². The number of thioether (sulfide) groups is 1. The molecule has 5 aromatic rings. The number of rotatable bonds is 14. The molecule has 13 nitrogen and oxygen atoms in total. The highest BCUT2D eigenvalue weighted by Gasteiger charge is 2.55. The number of hydrogen-bond acceptors (Lipinski definition) is 13. The summed E-state index contributed by atoms with van der Waals surface area (Å²) in [4.78, 5) is 59.3. The number of fused-ring (bicyclic) bond motifs is 1. The van der Waals surface area contributed by atoms with E-state index in [4.69, 9.17) is 14.2 Å². The standard InChI is InChI=1S/C44H40FN5O8S2/c1-43(2,3)41(54)58-26-57-40(53)36-27(23-56-32-21-13-20-31(45)22-32)24-59-39-35(38(52)50(36)39)47-37(51)34(49-55)33-25-60-42(46-33)48-44(28-14-7-4-8-15-28,29-16-9-5-10-17-29)30-18-11-6-12-19-30/h4-22,25,35,39,55H,23-24,26H2,1-3H3,(H,46,48)(H,47,51)/t35?,39-/m0/s1. The van der Waals surface area contributed by atoms with E-state index >= 15 is 0 Å². The first-order valence-corrected chi connectivity index (χ1v) is 20.7. The molecule has 2 atom stereocenters. The Morgan fingerprint density at radius 2 is 1.52 bits per heavy atom. The van der Waals surface area contributed by atoms with E-state index in [1.54, 1.807) is 32.2 Å². The number of ether oxygens (including phenoxy) is 3. The van der Waals surface area contributed by atoms with Crippen LogP contribution in [0, 0.1) is 11.2 Å². The van der Waals surface area contributed by atoms with Gasteiger partial charge in [-0.05, 0) is 49.6 Å². The number of benzene rings is 4. The molecular weight excluding hydrogens is 810 g/mol. The van der Waals surface area contributed by atoms with Crippen LogP contribution in [0.3, 0.4) is 0 Å². The molecule has 0 bridgehead atoms. The van der Waals surface area contributed by atoms with Gasteiger partial charge in [-0.25, -0.2) is 14.2 Å². The molecule has 0 spiro atoms. The summed E-state index contributed by atoms with van der Waals surface area (Å²) >= 11 is 2.45. The number of oxime groups is 1. The second-order valence-electron chi connectivity index (χ2n) is 14.8. The maximum atomic E-state index is 13.9. The quantitative estimate of drug-likeness (QED) is 0.0207. The molecule has 1 fully saturated rings. The zero-order valence-corrected chi connectivity index (χ0v) is 34.3. The van der Waals surface area contributed by atoms with E-state index in [0.29, 0.717) is 10.7 Å². The molecule has 1 unspecified atom stereocenters. The molecule has 1 saturated heterocycles. The maximum Gasteiger partial charge on any atom is 0.358 e. The van der Waals surface area contributed by atoms with E-state index < -0.39 is 64.4 Å². The van der Waals surface area contributed by atoms with Crippen molar-refractivity contribution in [3.05, 3.63) is 160 Å². The van der Waals surface area contributed by atoms with Gasteiger partial charge in [0.1, 0.15) is 46.5 Å². The van der Waals surface area contributed by atoms with Gasteiger partial charge in [0.25, 0.3) is 11.8 Å². The van der Waals surface area contributed by atoms with Crippen LogP contribution in [0.1, 0.15) is 43.2 Å². The number of amides is 2. The molecule has 60 heavy (non-hydrogen) atoms. The van der Waals surface area contributed by atoms with Crippen molar-refractivity contribution in [3.8, 4) is 5.75 Å². The summed E-state index contributed by atoms with van der Waals surface area (Å²) in [5.74, 6) is -3.26.